The van der Waals surface area contributed by atoms with Crippen LogP contribution in [0.3, 0.4) is 0 Å². The lowest BCUT2D eigenvalue weighted by Gasteiger charge is -2.37. The van der Waals surface area contributed by atoms with Crippen molar-refractivity contribution in [1.82, 2.24) is 29.4 Å². The van der Waals surface area contributed by atoms with Crippen LogP contribution in [-0.2, 0) is 0 Å². The molecule has 12 nitrogen and oxygen atoms in total. The second-order valence-electron chi connectivity index (χ2n) is 9.59. The summed E-state index contributed by atoms with van der Waals surface area (Å²) in [4.78, 5) is 19.2. The molecule has 3 aliphatic rings. The summed E-state index contributed by atoms with van der Waals surface area (Å²) >= 11 is 0. The van der Waals surface area contributed by atoms with E-state index in [4.69, 9.17) is 15.1 Å². The Bertz CT molecular complexity index is 921. The summed E-state index contributed by atoms with van der Waals surface area (Å²) in [5.41, 5.74) is 0. The number of aliphatic hydroxyl groups excluding tert-OH is 2. The van der Waals surface area contributed by atoms with Gasteiger partial charge in [0.05, 0.1) is 13.2 Å². The number of β-amino-alcohol motifs (C(OH)–C–C–N with tert-alkyl or cyclic N) is 2. The minimum absolute atomic E-state index is 0. The van der Waals surface area contributed by atoms with Gasteiger partial charge in [-0.05, 0) is 12.8 Å². The number of piperazine rings is 2. The van der Waals surface area contributed by atoms with Crippen LogP contribution in [0.2, 0.25) is 0 Å². The fourth-order valence-electron chi connectivity index (χ4n) is 5.46. The van der Waals surface area contributed by atoms with Crippen LogP contribution in [0.25, 0.3) is 5.78 Å². The number of halogens is 3. The minimum atomic E-state index is 0. The summed E-state index contributed by atoms with van der Waals surface area (Å²) in [6.45, 7) is 9.23. The Labute approximate surface area is 243 Å². The highest BCUT2D eigenvalue weighted by molar-refractivity contribution is 5.86. The van der Waals surface area contributed by atoms with Crippen molar-refractivity contribution in [2.75, 3.05) is 88.5 Å². The standard InChI is InChI=1S/C23H38N8O2.3ClH.2H2O/c32-16-14-27-6-10-29(11-7-27)20-18-21(30-12-8-28(9-13-30)15-17-33)31-23(24-20)25-22(26-31)19-4-2-1-3-5-19;;;;;/h18-19,32-33H,1-17H2;3*1H;2*1H2. The third-order valence-corrected chi connectivity index (χ3v) is 7.49. The van der Waals surface area contributed by atoms with Gasteiger partial charge in [0.1, 0.15) is 11.6 Å². The molecule has 4 heterocycles. The van der Waals surface area contributed by atoms with Gasteiger partial charge in [-0.25, -0.2) is 0 Å². The van der Waals surface area contributed by atoms with Crippen molar-refractivity contribution in [2.45, 2.75) is 38.0 Å². The Morgan fingerprint density at radius 1 is 0.711 bits per heavy atom. The molecule has 2 aromatic rings. The van der Waals surface area contributed by atoms with Crippen molar-refractivity contribution >= 4 is 54.6 Å². The normalized spacial score (nSPS) is 19.0. The Hall–Kier alpha value is -1.22. The minimum Gasteiger partial charge on any atom is -0.412 e. The average Bonchev–Trinajstić information content (AvgIpc) is 3.30. The Morgan fingerprint density at radius 2 is 1.24 bits per heavy atom. The van der Waals surface area contributed by atoms with Crippen LogP contribution in [0.1, 0.15) is 43.8 Å². The number of hydrogen-bond donors (Lipinski definition) is 2. The van der Waals surface area contributed by atoms with Crippen molar-refractivity contribution in [3.05, 3.63) is 11.9 Å². The highest BCUT2D eigenvalue weighted by atomic mass is 35.5. The average molecular weight is 604 g/mol. The van der Waals surface area contributed by atoms with Gasteiger partial charge in [0.25, 0.3) is 5.78 Å². The Morgan fingerprint density at radius 3 is 1.76 bits per heavy atom. The van der Waals surface area contributed by atoms with Crippen LogP contribution in [0.5, 0.6) is 0 Å². The molecule has 0 bridgehead atoms. The van der Waals surface area contributed by atoms with Gasteiger partial charge in [-0.2, -0.15) is 14.5 Å². The molecule has 6 N–H and O–H groups in total. The summed E-state index contributed by atoms with van der Waals surface area (Å²) in [5, 5.41) is 23.5. The molecule has 3 fully saturated rings. The zero-order valence-corrected chi connectivity index (χ0v) is 24.3. The van der Waals surface area contributed by atoms with E-state index in [0.717, 1.165) is 82.9 Å². The molecule has 2 aromatic heterocycles. The lowest BCUT2D eigenvalue weighted by molar-refractivity contribution is 0.188. The van der Waals surface area contributed by atoms with E-state index in [9.17, 15) is 10.2 Å². The molecule has 1 saturated carbocycles. The molecular formula is C23H45Cl3N8O4. The van der Waals surface area contributed by atoms with Gasteiger partial charge in [0.15, 0.2) is 5.82 Å². The molecule has 0 radical (unpaired) electrons. The van der Waals surface area contributed by atoms with Crippen LogP contribution in [0.4, 0.5) is 11.6 Å². The van der Waals surface area contributed by atoms with Gasteiger partial charge in [0, 0.05) is 77.4 Å². The quantitative estimate of drug-likeness (QED) is 0.445. The molecule has 0 amide bonds. The SMILES string of the molecule is Cl.Cl.Cl.O.O.OCCN1CCN(c2cc(N3CCN(CCO)CC3)n3nc(C4CCCCC4)nc3n2)CC1. The molecule has 2 aliphatic heterocycles. The number of fused-ring (bicyclic) bond motifs is 1. The molecule has 5 rings (SSSR count). The topological polar surface area (TPSA) is 159 Å². The van der Waals surface area contributed by atoms with E-state index in [1.54, 1.807) is 0 Å². The van der Waals surface area contributed by atoms with Gasteiger partial charge in [0.2, 0.25) is 0 Å². The van der Waals surface area contributed by atoms with E-state index in [1.165, 1.54) is 32.1 Å². The maximum absolute atomic E-state index is 9.29. The van der Waals surface area contributed by atoms with Gasteiger partial charge in [-0.15, -0.1) is 42.3 Å². The van der Waals surface area contributed by atoms with E-state index < -0.39 is 0 Å². The first-order valence-corrected chi connectivity index (χ1v) is 12.7. The lowest BCUT2D eigenvalue weighted by atomic mass is 9.89. The summed E-state index contributed by atoms with van der Waals surface area (Å²) in [6, 6.07) is 2.19. The first-order valence-electron chi connectivity index (χ1n) is 12.7. The van der Waals surface area contributed by atoms with Gasteiger partial charge in [-0.1, -0.05) is 19.3 Å². The lowest BCUT2D eigenvalue weighted by Crippen LogP contribution is -2.48. The zero-order valence-electron chi connectivity index (χ0n) is 21.9. The number of rotatable bonds is 7. The molecular weight excluding hydrogens is 559 g/mol. The fraction of sp³-hybridized carbons (Fsp3) is 0.783. The molecule has 1 aliphatic carbocycles. The maximum atomic E-state index is 9.29. The largest absolute Gasteiger partial charge is 0.412 e. The summed E-state index contributed by atoms with van der Waals surface area (Å²) in [7, 11) is 0. The third-order valence-electron chi connectivity index (χ3n) is 7.49. The van der Waals surface area contributed by atoms with Crippen LogP contribution < -0.4 is 9.80 Å². The Kier molecular flexibility index (Phi) is 16.9. The second kappa shape index (κ2) is 17.5. The molecule has 0 unspecified atom stereocenters. The van der Waals surface area contributed by atoms with Crippen molar-refractivity contribution < 1.29 is 21.2 Å². The van der Waals surface area contributed by atoms with E-state index in [1.807, 2.05) is 4.52 Å². The van der Waals surface area contributed by atoms with Crippen molar-refractivity contribution in [1.29, 1.82) is 0 Å². The van der Waals surface area contributed by atoms with Gasteiger partial charge in [-0.3, -0.25) is 9.80 Å². The van der Waals surface area contributed by atoms with Crippen molar-refractivity contribution in [2.24, 2.45) is 0 Å². The van der Waals surface area contributed by atoms with E-state index in [2.05, 4.69) is 25.7 Å². The molecule has 15 heteroatoms. The highest BCUT2D eigenvalue weighted by Gasteiger charge is 2.26. The van der Waals surface area contributed by atoms with Gasteiger partial charge < -0.3 is 31.0 Å². The molecule has 222 valence electrons. The summed E-state index contributed by atoms with van der Waals surface area (Å²) < 4.78 is 1.97. The van der Waals surface area contributed by atoms with Crippen LogP contribution in [0, 0.1) is 0 Å². The van der Waals surface area contributed by atoms with Crippen LogP contribution in [0.15, 0.2) is 6.07 Å². The summed E-state index contributed by atoms with van der Waals surface area (Å²) in [6.07, 6.45) is 6.18. The summed E-state index contributed by atoms with van der Waals surface area (Å²) in [5.74, 6) is 4.15. The van der Waals surface area contributed by atoms with E-state index >= 15 is 0 Å². The number of aliphatic hydroxyl groups is 2. The number of hydrogen-bond acceptors (Lipinski definition) is 9. The molecule has 0 atom stereocenters. The van der Waals surface area contributed by atoms with Crippen LogP contribution >= 0.6 is 37.2 Å². The van der Waals surface area contributed by atoms with Gasteiger partial charge >= 0.3 is 0 Å². The Balaban J connectivity index is 0.00000274. The third kappa shape index (κ3) is 8.39. The van der Waals surface area contributed by atoms with Crippen molar-refractivity contribution in [3.8, 4) is 0 Å². The predicted octanol–water partition coefficient (Wildman–Crippen LogP) is 0.0166. The first kappa shape index (κ1) is 36.8. The van der Waals surface area contributed by atoms with Crippen molar-refractivity contribution in [3.63, 3.8) is 0 Å². The van der Waals surface area contributed by atoms with E-state index in [-0.39, 0.29) is 61.4 Å². The molecule has 38 heavy (non-hydrogen) atoms. The van der Waals surface area contributed by atoms with E-state index in [0.29, 0.717) is 11.7 Å². The van der Waals surface area contributed by atoms with Crippen LogP contribution in [-0.4, -0.2) is 129 Å². The fourth-order valence-corrected chi connectivity index (χ4v) is 5.46. The number of anilines is 2. The smallest absolute Gasteiger partial charge is 0.256 e. The first-order chi connectivity index (χ1) is 16.2. The molecule has 0 spiro atoms. The highest BCUT2D eigenvalue weighted by Crippen LogP contribution is 2.32. The monoisotopic (exact) mass is 602 g/mol. The zero-order chi connectivity index (χ0) is 22.6. The number of aromatic nitrogens is 4. The second-order valence-corrected chi connectivity index (χ2v) is 9.59. The molecule has 2 saturated heterocycles. The number of nitrogens with zero attached hydrogens (tertiary/aromatic N) is 8. The predicted molar refractivity (Wildman–Crippen MR) is 157 cm³/mol. The molecule has 0 aromatic carbocycles. The maximum Gasteiger partial charge on any atom is 0.256 e.